The van der Waals surface area contributed by atoms with Gasteiger partial charge in [0.1, 0.15) is 5.75 Å². The number of nitrogens with zero attached hydrogens (tertiary/aromatic N) is 5. The van der Waals surface area contributed by atoms with Crippen molar-refractivity contribution >= 4 is 35.6 Å². The number of amides is 1. The number of carbonyl (C=O) groups is 1. The van der Waals surface area contributed by atoms with Crippen LogP contribution in [-0.2, 0) is 28.1 Å². The van der Waals surface area contributed by atoms with Crippen molar-refractivity contribution in [3.8, 4) is 11.4 Å². The van der Waals surface area contributed by atoms with E-state index in [1.54, 1.807) is 30.1 Å². The van der Waals surface area contributed by atoms with Gasteiger partial charge in [-0.05, 0) is 48.4 Å². The van der Waals surface area contributed by atoms with Crippen molar-refractivity contribution in [3.63, 3.8) is 0 Å². The average molecular weight is 651 g/mol. The van der Waals surface area contributed by atoms with Crippen molar-refractivity contribution in [1.29, 1.82) is 0 Å². The van der Waals surface area contributed by atoms with Crippen molar-refractivity contribution in [3.05, 3.63) is 101 Å². The summed E-state index contributed by atoms with van der Waals surface area (Å²) >= 11 is 0. The molecule has 4 heterocycles. The fraction of sp³-hybridized carbons (Fsp3) is 0.343. The molecule has 5 aromatic rings. The first-order valence-corrected chi connectivity index (χ1v) is 19.0. The summed E-state index contributed by atoms with van der Waals surface area (Å²) in [5, 5.41) is 28.0. The molecule has 1 spiro atoms. The van der Waals surface area contributed by atoms with E-state index in [0.717, 1.165) is 16.8 Å². The number of carbonyl (C=O) groups excluding carboxylic acids is 1. The lowest BCUT2D eigenvalue weighted by molar-refractivity contribution is -0.143. The lowest BCUT2D eigenvalue weighted by Crippen LogP contribution is -2.51. The second kappa shape index (κ2) is 11.9. The van der Waals surface area contributed by atoms with E-state index in [1.165, 1.54) is 9.87 Å². The fourth-order valence-electron chi connectivity index (χ4n) is 7.73. The maximum Gasteiger partial charge on any atom is 0.279 e. The van der Waals surface area contributed by atoms with Crippen LogP contribution in [-0.4, -0.2) is 63.7 Å². The van der Waals surface area contributed by atoms with Crippen LogP contribution in [0.2, 0.25) is 18.6 Å². The highest BCUT2D eigenvalue weighted by molar-refractivity contribution is 6.91. The number of aliphatic hydroxyl groups excluding tert-OH is 1. The van der Waals surface area contributed by atoms with E-state index < -0.39 is 13.7 Å². The zero-order valence-corrected chi connectivity index (χ0v) is 27.9. The molecule has 3 aromatic carbocycles. The standard InChI is InChI=1S/C35H38N6O5Si/c1-22-32(47(3,4)27-12-10-26(45-2)11-13-27)31(15-17-40-21-24(16-18-42)38-39-40)46-35(22)29-19-25(9-14-30(29)37-34(35)44)41-33(43)28-8-6-5-7-23(28)20-36-41/h5-14,19-22,31-32,42H,15-18H2,1-4H3,(H,37,44)/t22-,31+,32-,35+/m0/s1. The first-order chi connectivity index (χ1) is 22.7. The number of aromatic nitrogens is 5. The number of hydrogen-bond donors (Lipinski definition) is 2. The molecule has 0 bridgehead atoms. The highest BCUT2D eigenvalue weighted by atomic mass is 28.3. The smallest absolute Gasteiger partial charge is 0.279 e. The van der Waals surface area contributed by atoms with Gasteiger partial charge in [0, 0.05) is 48.3 Å². The molecule has 1 amide bonds. The molecule has 2 aliphatic heterocycles. The molecule has 47 heavy (non-hydrogen) atoms. The third-order valence-electron chi connectivity index (χ3n) is 10.1. The van der Waals surface area contributed by atoms with E-state index in [1.807, 2.05) is 48.7 Å². The van der Waals surface area contributed by atoms with Crippen molar-refractivity contribution in [2.75, 3.05) is 19.0 Å². The van der Waals surface area contributed by atoms with Crippen LogP contribution in [0.4, 0.5) is 5.69 Å². The summed E-state index contributed by atoms with van der Waals surface area (Å²) in [5.74, 6) is 0.394. The Balaban J connectivity index is 1.31. The number of hydrogen-bond acceptors (Lipinski definition) is 8. The van der Waals surface area contributed by atoms with Crippen LogP contribution in [0.1, 0.15) is 24.6 Å². The number of fused-ring (bicyclic) bond motifs is 3. The number of ether oxygens (including phenoxy) is 2. The summed E-state index contributed by atoms with van der Waals surface area (Å²) in [6.45, 7) is 7.34. The van der Waals surface area contributed by atoms with Gasteiger partial charge in [-0.1, -0.05) is 60.7 Å². The SMILES string of the molecule is COc1ccc([Si](C)(C)[C@@H]2[C@@H](CCn3cc(CCO)nn3)O[C@]3(C(=O)Nc4ccc(-n5ncc6ccccc6c5=O)cc43)[C@H]2C)cc1. The van der Waals surface area contributed by atoms with Gasteiger partial charge in [-0.15, -0.1) is 5.10 Å². The summed E-state index contributed by atoms with van der Waals surface area (Å²) in [6, 6.07) is 21.2. The van der Waals surface area contributed by atoms with Crippen LogP contribution in [0, 0.1) is 5.92 Å². The van der Waals surface area contributed by atoms with Gasteiger partial charge in [-0.2, -0.15) is 9.78 Å². The van der Waals surface area contributed by atoms with Gasteiger partial charge < -0.3 is 19.9 Å². The van der Waals surface area contributed by atoms with Gasteiger partial charge in [-0.3, -0.25) is 14.3 Å². The Morgan fingerprint density at radius 3 is 2.64 bits per heavy atom. The Bertz CT molecular complexity index is 2030. The minimum atomic E-state index is -2.32. The summed E-state index contributed by atoms with van der Waals surface area (Å²) in [4.78, 5) is 27.7. The van der Waals surface area contributed by atoms with Gasteiger partial charge in [0.15, 0.2) is 5.60 Å². The second-order valence-corrected chi connectivity index (χ2v) is 17.7. The van der Waals surface area contributed by atoms with Crippen molar-refractivity contribution < 1.29 is 19.4 Å². The van der Waals surface area contributed by atoms with E-state index in [-0.39, 0.29) is 35.6 Å². The van der Waals surface area contributed by atoms with Crippen LogP contribution in [0.5, 0.6) is 5.75 Å². The van der Waals surface area contributed by atoms with Crippen molar-refractivity contribution in [2.45, 2.75) is 56.7 Å². The predicted octanol–water partition coefficient (Wildman–Crippen LogP) is 3.78. The fourth-order valence-corrected chi connectivity index (χ4v) is 11.8. The minimum absolute atomic E-state index is 0.00550. The largest absolute Gasteiger partial charge is 0.497 e. The van der Waals surface area contributed by atoms with Crippen molar-refractivity contribution in [2.24, 2.45) is 5.92 Å². The molecule has 1 saturated heterocycles. The molecule has 242 valence electrons. The van der Waals surface area contributed by atoms with Crippen LogP contribution >= 0.6 is 0 Å². The normalized spacial score (nSPS) is 22.1. The van der Waals surface area contributed by atoms with Gasteiger partial charge in [0.25, 0.3) is 11.5 Å². The number of aryl methyl sites for hydroxylation is 1. The van der Waals surface area contributed by atoms with E-state index in [2.05, 4.69) is 52.9 Å². The lowest BCUT2D eigenvalue weighted by atomic mass is 9.82. The van der Waals surface area contributed by atoms with Gasteiger partial charge in [0.05, 0.1) is 44.3 Å². The Hall–Kier alpha value is -4.65. The lowest BCUT2D eigenvalue weighted by Gasteiger charge is -2.37. The Morgan fingerprint density at radius 2 is 1.87 bits per heavy atom. The first-order valence-electron chi connectivity index (χ1n) is 15.9. The third-order valence-corrected chi connectivity index (χ3v) is 14.5. The molecule has 7 rings (SSSR count). The number of rotatable bonds is 9. The van der Waals surface area contributed by atoms with E-state index in [4.69, 9.17) is 9.47 Å². The number of methoxy groups -OCH3 is 1. The molecule has 0 radical (unpaired) electrons. The summed E-state index contributed by atoms with van der Waals surface area (Å²) < 4.78 is 15.7. The molecule has 11 nitrogen and oxygen atoms in total. The minimum Gasteiger partial charge on any atom is -0.497 e. The number of nitrogens with one attached hydrogen (secondary N) is 1. The van der Waals surface area contributed by atoms with Crippen LogP contribution in [0.25, 0.3) is 16.5 Å². The number of benzene rings is 3. The molecule has 2 aliphatic rings. The van der Waals surface area contributed by atoms with Crippen LogP contribution in [0.3, 0.4) is 0 Å². The van der Waals surface area contributed by atoms with Gasteiger partial charge in [0.2, 0.25) is 0 Å². The van der Waals surface area contributed by atoms with Gasteiger partial charge in [-0.25, -0.2) is 0 Å². The number of aliphatic hydroxyl groups is 1. The predicted molar refractivity (Wildman–Crippen MR) is 181 cm³/mol. The van der Waals surface area contributed by atoms with Crippen LogP contribution in [0.15, 0.2) is 83.9 Å². The molecule has 0 saturated carbocycles. The van der Waals surface area contributed by atoms with E-state index in [9.17, 15) is 14.7 Å². The molecular formula is C35H38N6O5Si. The third kappa shape index (κ3) is 5.07. The Labute approximate surface area is 273 Å². The molecule has 2 N–H and O–H groups in total. The highest BCUT2D eigenvalue weighted by Crippen LogP contribution is 2.58. The molecule has 1 fully saturated rings. The highest BCUT2D eigenvalue weighted by Gasteiger charge is 2.64. The monoisotopic (exact) mass is 650 g/mol. The zero-order valence-electron chi connectivity index (χ0n) is 26.9. The molecule has 12 heteroatoms. The Kier molecular flexibility index (Phi) is 7.81. The molecule has 2 aromatic heterocycles. The number of anilines is 1. The second-order valence-electron chi connectivity index (χ2n) is 13.0. The Morgan fingerprint density at radius 1 is 1.09 bits per heavy atom. The summed E-state index contributed by atoms with van der Waals surface area (Å²) in [5.41, 5.74) is 1.23. The topological polar surface area (TPSA) is 133 Å². The molecule has 0 aliphatic carbocycles. The maximum absolute atomic E-state index is 14.2. The van der Waals surface area contributed by atoms with Crippen molar-refractivity contribution in [1.82, 2.24) is 24.8 Å². The van der Waals surface area contributed by atoms with Gasteiger partial charge >= 0.3 is 0 Å². The molecule has 4 atom stereocenters. The van der Waals surface area contributed by atoms with Crippen LogP contribution < -0.4 is 20.8 Å². The molecule has 0 unspecified atom stereocenters. The van der Waals surface area contributed by atoms with E-state index in [0.29, 0.717) is 41.7 Å². The van der Waals surface area contributed by atoms with E-state index >= 15 is 0 Å². The molecular weight excluding hydrogens is 613 g/mol. The first kappa shape index (κ1) is 31.0. The summed E-state index contributed by atoms with van der Waals surface area (Å²) in [7, 11) is -0.663. The average Bonchev–Trinajstić information content (AvgIpc) is 3.74. The quantitative estimate of drug-likeness (QED) is 0.231. The maximum atomic E-state index is 14.2. The summed E-state index contributed by atoms with van der Waals surface area (Å²) in [6.07, 6.45) is 4.31. The zero-order chi connectivity index (χ0) is 32.9.